The normalized spacial score (nSPS) is 22.2. The Morgan fingerprint density at radius 3 is 2.49 bits per heavy atom. The van der Waals surface area contributed by atoms with Gasteiger partial charge in [-0.05, 0) is 62.3 Å². The number of rotatable bonds is 5. The smallest absolute Gasteiger partial charge is 0.272 e. The van der Waals surface area contributed by atoms with E-state index in [9.17, 15) is 22.7 Å². The van der Waals surface area contributed by atoms with Crippen LogP contribution in [0, 0.1) is 11.6 Å². The van der Waals surface area contributed by atoms with Crippen molar-refractivity contribution < 1.29 is 27.1 Å². The summed E-state index contributed by atoms with van der Waals surface area (Å²) < 4.78 is 60.7. The molecule has 190 valence electrons. The van der Waals surface area contributed by atoms with Crippen LogP contribution in [-0.4, -0.2) is 36.7 Å². The van der Waals surface area contributed by atoms with E-state index >= 15 is 0 Å². The Morgan fingerprint density at radius 2 is 1.78 bits per heavy atom. The first-order chi connectivity index (χ1) is 17.7. The Labute approximate surface area is 208 Å². The van der Waals surface area contributed by atoms with Gasteiger partial charge in [0.25, 0.3) is 6.43 Å². The number of aromatic nitrogens is 5. The zero-order chi connectivity index (χ0) is 25.9. The third kappa shape index (κ3) is 3.63. The zero-order valence-corrected chi connectivity index (χ0v) is 19.6. The molecule has 37 heavy (non-hydrogen) atoms. The van der Waals surface area contributed by atoms with Gasteiger partial charge in [-0.2, -0.15) is 5.10 Å². The molecule has 1 saturated carbocycles. The van der Waals surface area contributed by atoms with Crippen LogP contribution in [0.25, 0.3) is 22.8 Å². The highest BCUT2D eigenvalue weighted by Gasteiger charge is 2.49. The summed E-state index contributed by atoms with van der Waals surface area (Å²) in [5, 5.41) is 18.7. The van der Waals surface area contributed by atoms with Gasteiger partial charge in [-0.1, -0.05) is 6.07 Å². The molecule has 3 aliphatic rings. The van der Waals surface area contributed by atoms with E-state index in [0.29, 0.717) is 11.4 Å². The number of nitrogens with zero attached hydrogens (tertiary/aromatic N) is 5. The second kappa shape index (κ2) is 8.41. The summed E-state index contributed by atoms with van der Waals surface area (Å²) in [6.07, 6.45) is 4.03. The Balaban J connectivity index is 1.41. The number of benzene rings is 1. The number of aliphatic hydroxyl groups is 1. The molecule has 3 aliphatic carbocycles. The lowest BCUT2D eigenvalue weighted by Gasteiger charge is -2.46. The molecule has 1 atom stereocenters. The fourth-order valence-corrected chi connectivity index (χ4v) is 5.43. The molecule has 1 N–H and O–H groups in total. The third-order valence-electron chi connectivity index (χ3n) is 7.57. The molecule has 2 bridgehead atoms. The van der Waals surface area contributed by atoms with Crippen molar-refractivity contribution in [3.63, 3.8) is 0 Å². The standard InChI is InChI=1S/C26H21F4N5O2/c1-25(36,24(29)30)20-12-37-23(33-20)18-10-31-11-19(32-18)26-7-5-13(6-8-26)14-9-17(34-35-22(14)26)21-15(27)3-2-4-16(21)28/h2-4,9-13,24,36H,5-8H2,1H3/t13-,25-,26+/m0/s1. The SMILES string of the molecule is C[C@](O)(c1coc(-c2cncc([C@]34CC[C@H](CC3)c3cc(-c5c(F)cccc5F)nnc34)n2)n1)C(F)F. The number of oxazole rings is 1. The van der Waals surface area contributed by atoms with Crippen LogP contribution in [0.1, 0.15) is 61.2 Å². The van der Waals surface area contributed by atoms with E-state index in [2.05, 4.69) is 20.2 Å². The lowest BCUT2D eigenvalue weighted by Crippen LogP contribution is -2.41. The highest BCUT2D eigenvalue weighted by atomic mass is 19.3. The predicted octanol–water partition coefficient (Wildman–Crippen LogP) is 5.30. The first-order valence-corrected chi connectivity index (χ1v) is 11.8. The molecule has 7 nitrogen and oxygen atoms in total. The molecule has 0 unspecified atom stereocenters. The van der Waals surface area contributed by atoms with E-state index in [4.69, 9.17) is 9.40 Å². The van der Waals surface area contributed by atoms with Crippen LogP contribution in [0.4, 0.5) is 17.6 Å². The van der Waals surface area contributed by atoms with Crippen LogP contribution in [-0.2, 0) is 11.0 Å². The summed E-state index contributed by atoms with van der Waals surface area (Å²) in [5.41, 5.74) is -1.12. The summed E-state index contributed by atoms with van der Waals surface area (Å²) in [7, 11) is 0. The fraction of sp³-hybridized carbons (Fsp3) is 0.346. The Morgan fingerprint density at radius 1 is 1.05 bits per heavy atom. The summed E-state index contributed by atoms with van der Waals surface area (Å²) in [6.45, 7) is 0.956. The van der Waals surface area contributed by atoms with Crippen molar-refractivity contribution in [2.75, 3.05) is 0 Å². The van der Waals surface area contributed by atoms with Gasteiger partial charge in [0.05, 0.1) is 34.3 Å². The van der Waals surface area contributed by atoms with Crippen molar-refractivity contribution >= 4 is 0 Å². The third-order valence-corrected chi connectivity index (χ3v) is 7.57. The first-order valence-electron chi connectivity index (χ1n) is 11.8. The van der Waals surface area contributed by atoms with Gasteiger partial charge in [0, 0.05) is 6.20 Å². The molecule has 3 aromatic heterocycles. The van der Waals surface area contributed by atoms with Crippen LogP contribution < -0.4 is 0 Å². The van der Waals surface area contributed by atoms with E-state index in [1.165, 1.54) is 24.4 Å². The summed E-state index contributed by atoms with van der Waals surface area (Å²) >= 11 is 0. The van der Waals surface area contributed by atoms with Crippen LogP contribution >= 0.6 is 0 Å². The van der Waals surface area contributed by atoms with Gasteiger partial charge in [0.15, 0.2) is 5.60 Å². The fourth-order valence-electron chi connectivity index (χ4n) is 5.43. The molecule has 0 spiro atoms. The van der Waals surface area contributed by atoms with E-state index < -0.39 is 29.1 Å². The van der Waals surface area contributed by atoms with Crippen LogP contribution in [0.5, 0.6) is 0 Å². The molecule has 0 amide bonds. The van der Waals surface area contributed by atoms with E-state index in [0.717, 1.165) is 44.4 Å². The lowest BCUT2D eigenvalue weighted by atomic mass is 9.58. The molecular formula is C26H21F4N5O2. The van der Waals surface area contributed by atoms with Crippen molar-refractivity contribution in [3.05, 3.63) is 77.2 Å². The van der Waals surface area contributed by atoms with Crippen molar-refractivity contribution in [1.82, 2.24) is 25.1 Å². The van der Waals surface area contributed by atoms with Crippen molar-refractivity contribution in [2.45, 2.75) is 56.0 Å². The Kier molecular flexibility index (Phi) is 5.37. The molecule has 1 fully saturated rings. The van der Waals surface area contributed by atoms with Crippen LogP contribution in [0.2, 0.25) is 0 Å². The highest BCUT2D eigenvalue weighted by molar-refractivity contribution is 5.62. The van der Waals surface area contributed by atoms with Gasteiger partial charge in [-0.15, -0.1) is 5.10 Å². The quantitative estimate of drug-likeness (QED) is 0.363. The maximum Gasteiger partial charge on any atom is 0.272 e. The van der Waals surface area contributed by atoms with Gasteiger partial charge in [-0.3, -0.25) is 4.98 Å². The maximum atomic E-state index is 14.4. The number of halogens is 4. The van der Waals surface area contributed by atoms with Crippen molar-refractivity contribution in [2.24, 2.45) is 0 Å². The number of fused-ring (bicyclic) bond motifs is 2. The Bertz CT molecular complexity index is 1480. The molecule has 7 rings (SSSR count). The van der Waals surface area contributed by atoms with E-state index in [1.54, 1.807) is 12.3 Å². The minimum absolute atomic E-state index is 0.0529. The molecule has 4 aromatic rings. The van der Waals surface area contributed by atoms with Crippen LogP contribution in [0.15, 0.2) is 47.3 Å². The van der Waals surface area contributed by atoms with Gasteiger partial charge >= 0.3 is 0 Å². The molecule has 0 aliphatic heterocycles. The van der Waals surface area contributed by atoms with Gasteiger partial charge in [0.2, 0.25) is 5.89 Å². The number of hydrogen-bond donors (Lipinski definition) is 1. The average molecular weight is 511 g/mol. The minimum Gasteiger partial charge on any atom is -0.443 e. The summed E-state index contributed by atoms with van der Waals surface area (Å²) in [4.78, 5) is 13.0. The van der Waals surface area contributed by atoms with E-state index in [-0.39, 0.29) is 34.5 Å². The van der Waals surface area contributed by atoms with Crippen LogP contribution in [0.3, 0.4) is 0 Å². The van der Waals surface area contributed by atoms with Crippen molar-refractivity contribution in [3.8, 4) is 22.8 Å². The van der Waals surface area contributed by atoms with Gasteiger partial charge in [-0.25, -0.2) is 27.5 Å². The summed E-state index contributed by atoms with van der Waals surface area (Å²) in [6, 6.07) is 5.38. The monoisotopic (exact) mass is 511 g/mol. The lowest BCUT2D eigenvalue weighted by molar-refractivity contribution is -0.0910. The first kappa shape index (κ1) is 23.7. The van der Waals surface area contributed by atoms with E-state index in [1.807, 2.05) is 0 Å². The molecule has 0 saturated heterocycles. The molecule has 0 radical (unpaired) electrons. The van der Waals surface area contributed by atoms with Gasteiger partial charge < -0.3 is 9.52 Å². The summed E-state index contributed by atoms with van der Waals surface area (Å²) in [5.74, 6) is -1.29. The molecular weight excluding hydrogens is 490 g/mol. The zero-order valence-electron chi connectivity index (χ0n) is 19.6. The van der Waals surface area contributed by atoms with Gasteiger partial charge in [0.1, 0.15) is 29.3 Å². The number of alkyl halides is 2. The highest BCUT2D eigenvalue weighted by Crippen LogP contribution is 2.55. The second-order valence-electron chi connectivity index (χ2n) is 9.76. The number of hydrogen-bond acceptors (Lipinski definition) is 7. The largest absolute Gasteiger partial charge is 0.443 e. The molecule has 3 heterocycles. The second-order valence-corrected chi connectivity index (χ2v) is 9.76. The van der Waals surface area contributed by atoms with Crippen molar-refractivity contribution in [1.29, 1.82) is 0 Å². The Hall–Kier alpha value is -3.73. The minimum atomic E-state index is -3.06. The molecule has 11 heteroatoms. The predicted molar refractivity (Wildman–Crippen MR) is 122 cm³/mol. The topological polar surface area (TPSA) is 97.8 Å². The maximum absolute atomic E-state index is 14.4. The molecule has 1 aromatic carbocycles. The average Bonchev–Trinajstić information content (AvgIpc) is 3.41.